The van der Waals surface area contributed by atoms with E-state index in [4.69, 9.17) is 4.74 Å². The second-order valence-corrected chi connectivity index (χ2v) is 7.36. The first-order valence-electron chi connectivity index (χ1n) is 8.54. The zero-order valence-electron chi connectivity index (χ0n) is 15.1. The molecule has 2 N–H and O–H groups in total. The number of carbonyl (C=O) groups excluding carboxylic acids is 4. The molecule has 2 heterocycles. The molecule has 9 heteroatoms. The predicted molar refractivity (Wildman–Crippen MR) is 101 cm³/mol. The summed E-state index contributed by atoms with van der Waals surface area (Å²) in [6.45, 7) is 0.873. The Morgan fingerprint density at radius 3 is 2.61 bits per heavy atom. The number of thiophene rings is 1. The molecule has 146 valence electrons. The van der Waals surface area contributed by atoms with Crippen molar-refractivity contribution < 1.29 is 23.9 Å². The molecule has 1 atom stereocenters. The third kappa shape index (κ3) is 4.20. The molecule has 0 saturated carbocycles. The van der Waals surface area contributed by atoms with E-state index < -0.39 is 42.5 Å². The average Bonchev–Trinajstić information content (AvgIpc) is 3.29. The van der Waals surface area contributed by atoms with Crippen LogP contribution in [0.4, 0.5) is 4.79 Å². The zero-order chi connectivity index (χ0) is 20.1. The molecule has 1 aliphatic heterocycles. The topological polar surface area (TPSA) is 105 Å². The molecule has 1 aromatic carbocycles. The Morgan fingerprint density at radius 1 is 1.18 bits per heavy atom. The maximum atomic E-state index is 12.7. The average molecular weight is 401 g/mol. The van der Waals surface area contributed by atoms with E-state index >= 15 is 0 Å². The van der Waals surface area contributed by atoms with E-state index in [0.29, 0.717) is 12.1 Å². The lowest BCUT2D eigenvalue weighted by Gasteiger charge is -2.21. The smallest absolute Gasteiger partial charge is 0.326 e. The van der Waals surface area contributed by atoms with Crippen LogP contribution in [0.2, 0.25) is 0 Å². The highest BCUT2D eigenvalue weighted by atomic mass is 32.1. The number of hydrogen-bond donors (Lipinski definition) is 2. The summed E-state index contributed by atoms with van der Waals surface area (Å²) in [5.74, 6) is -1.86. The van der Waals surface area contributed by atoms with Gasteiger partial charge in [0, 0.05) is 4.88 Å². The van der Waals surface area contributed by atoms with Crippen molar-refractivity contribution in [1.82, 2.24) is 15.5 Å². The summed E-state index contributed by atoms with van der Waals surface area (Å²) in [6.07, 6.45) is 0. The summed E-state index contributed by atoms with van der Waals surface area (Å²) in [6, 6.07) is 11.8. The van der Waals surface area contributed by atoms with Gasteiger partial charge >= 0.3 is 12.0 Å². The van der Waals surface area contributed by atoms with Crippen LogP contribution in [0.25, 0.3) is 0 Å². The normalized spacial score (nSPS) is 18.7. The number of imide groups is 1. The highest BCUT2D eigenvalue weighted by Crippen LogP contribution is 2.28. The second-order valence-electron chi connectivity index (χ2n) is 6.33. The third-order valence-electron chi connectivity index (χ3n) is 4.32. The van der Waals surface area contributed by atoms with Crippen LogP contribution in [-0.2, 0) is 31.2 Å². The van der Waals surface area contributed by atoms with Crippen LogP contribution in [0.3, 0.4) is 0 Å². The van der Waals surface area contributed by atoms with Crippen LogP contribution in [0.15, 0.2) is 47.8 Å². The van der Waals surface area contributed by atoms with Crippen molar-refractivity contribution >= 4 is 35.2 Å². The Kier molecular flexibility index (Phi) is 5.74. The van der Waals surface area contributed by atoms with Crippen LogP contribution in [-0.4, -0.2) is 41.9 Å². The summed E-state index contributed by atoms with van der Waals surface area (Å²) in [4.78, 5) is 50.4. The van der Waals surface area contributed by atoms with Gasteiger partial charge < -0.3 is 15.4 Å². The molecule has 2 aromatic rings. The number of nitrogens with one attached hydrogen (secondary N) is 2. The van der Waals surface area contributed by atoms with Gasteiger partial charge in [0.25, 0.3) is 11.8 Å². The Morgan fingerprint density at radius 2 is 1.93 bits per heavy atom. The minimum Gasteiger partial charge on any atom is -0.454 e. The minimum absolute atomic E-state index is 0.344. The van der Waals surface area contributed by atoms with Crippen molar-refractivity contribution in [1.29, 1.82) is 0 Å². The van der Waals surface area contributed by atoms with Crippen LogP contribution >= 0.6 is 11.3 Å². The molecule has 0 unspecified atom stereocenters. The third-order valence-corrected chi connectivity index (χ3v) is 5.19. The van der Waals surface area contributed by atoms with Crippen molar-refractivity contribution in [3.8, 4) is 0 Å². The van der Waals surface area contributed by atoms with E-state index in [-0.39, 0.29) is 0 Å². The Bertz CT molecular complexity index is 884. The van der Waals surface area contributed by atoms with Gasteiger partial charge in [0.2, 0.25) is 0 Å². The summed E-state index contributed by atoms with van der Waals surface area (Å²) >= 11 is 1.50. The number of nitrogens with zero attached hydrogens (tertiary/aromatic N) is 1. The molecule has 1 saturated heterocycles. The standard InChI is InChI=1S/C19H19N3O5S/c1-19(13-6-3-2-4-7-13)17(25)22(18(26)21-19)11-16(24)27-12-15(23)20-10-14-8-5-9-28-14/h2-9H,10-12H2,1H3,(H,20,23)(H,21,26)/t19-/m1/s1. The van der Waals surface area contributed by atoms with E-state index in [1.54, 1.807) is 37.3 Å². The van der Waals surface area contributed by atoms with E-state index in [1.165, 1.54) is 11.3 Å². The highest BCUT2D eigenvalue weighted by Gasteiger charge is 2.49. The van der Waals surface area contributed by atoms with Gasteiger partial charge in [0.1, 0.15) is 12.1 Å². The first-order chi connectivity index (χ1) is 13.4. The van der Waals surface area contributed by atoms with E-state index in [0.717, 1.165) is 9.78 Å². The maximum Gasteiger partial charge on any atom is 0.326 e. The predicted octanol–water partition coefficient (Wildman–Crippen LogP) is 1.37. The van der Waals surface area contributed by atoms with Crippen molar-refractivity contribution in [3.63, 3.8) is 0 Å². The lowest BCUT2D eigenvalue weighted by atomic mass is 9.92. The van der Waals surface area contributed by atoms with E-state index in [1.807, 2.05) is 17.5 Å². The molecule has 0 bridgehead atoms. The minimum atomic E-state index is -1.25. The highest BCUT2D eigenvalue weighted by molar-refractivity contribution is 7.09. The number of esters is 1. The monoisotopic (exact) mass is 401 g/mol. The molecule has 28 heavy (non-hydrogen) atoms. The summed E-state index contributed by atoms with van der Waals surface area (Å²) in [7, 11) is 0. The molecule has 3 rings (SSSR count). The van der Waals surface area contributed by atoms with Gasteiger partial charge in [0.15, 0.2) is 6.61 Å². The number of hydrogen-bond acceptors (Lipinski definition) is 6. The van der Waals surface area contributed by atoms with Crippen molar-refractivity contribution in [2.24, 2.45) is 0 Å². The van der Waals surface area contributed by atoms with Crippen LogP contribution in [0.1, 0.15) is 17.4 Å². The largest absolute Gasteiger partial charge is 0.454 e. The van der Waals surface area contributed by atoms with Crippen LogP contribution in [0, 0.1) is 0 Å². The number of ether oxygens (including phenoxy) is 1. The van der Waals surface area contributed by atoms with Gasteiger partial charge in [-0.1, -0.05) is 36.4 Å². The van der Waals surface area contributed by atoms with Crippen molar-refractivity contribution in [3.05, 3.63) is 58.3 Å². The van der Waals surface area contributed by atoms with E-state index in [9.17, 15) is 19.2 Å². The fraction of sp³-hybridized carbons (Fsp3) is 0.263. The first kappa shape index (κ1) is 19.6. The Hall–Kier alpha value is -3.20. The summed E-state index contributed by atoms with van der Waals surface area (Å²) in [5, 5.41) is 7.12. The molecule has 4 amide bonds. The molecular formula is C19H19N3O5S. The molecular weight excluding hydrogens is 382 g/mol. The van der Waals surface area contributed by atoms with Gasteiger partial charge in [-0.15, -0.1) is 11.3 Å². The summed E-state index contributed by atoms with van der Waals surface area (Å²) in [5.41, 5.74) is -0.645. The molecule has 1 fully saturated rings. The molecule has 0 radical (unpaired) electrons. The van der Waals surface area contributed by atoms with E-state index in [2.05, 4.69) is 10.6 Å². The lowest BCUT2D eigenvalue weighted by molar-refractivity contribution is -0.151. The van der Waals surface area contributed by atoms with Gasteiger partial charge in [-0.2, -0.15) is 0 Å². The molecule has 0 spiro atoms. The quantitative estimate of drug-likeness (QED) is 0.539. The Balaban J connectivity index is 1.52. The number of benzene rings is 1. The van der Waals surface area contributed by atoms with Crippen molar-refractivity contribution in [2.45, 2.75) is 19.0 Å². The van der Waals surface area contributed by atoms with Gasteiger partial charge in [0.05, 0.1) is 6.54 Å². The number of urea groups is 1. The summed E-state index contributed by atoms with van der Waals surface area (Å²) < 4.78 is 4.88. The van der Waals surface area contributed by atoms with Gasteiger partial charge in [-0.05, 0) is 23.9 Å². The zero-order valence-corrected chi connectivity index (χ0v) is 16.0. The SMILES string of the molecule is C[C@]1(c2ccccc2)NC(=O)N(CC(=O)OCC(=O)NCc2cccs2)C1=O. The second kappa shape index (κ2) is 8.22. The van der Waals surface area contributed by atoms with Crippen LogP contribution in [0.5, 0.6) is 0 Å². The van der Waals surface area contributed by atoms with Gasteiger partial charge in [-0.25, -0.2) is 4.79 Å². The number of amides is 4. The van der Waals surface area contributed by atoms with Gasteiger partial charge in [-0.3, -0.25) is 19.3 Å². The van der Waals surface area contributed by atoms with Crippen LogP contribution < -0.4 is 10.6 Å². The molecule has 0 aliphatic carbocycles. The maximum absolute atomic E-state index is 12.7. The number of carbonyl (C=O) groups is 4. The number of rotatable bonds is 7. The molecule has 1 aromatic heterocycles. The lowest BCUT2D eigenvalue weighted by Crippen LogP contribution is -2.41. The fourth-order valence-corrected chi connectivity index (χ4v) is 3.42. The molecule has 1 aliphatic rings. The Labute approximate surface area is 165 Å². The first-order valence-corrected chi connectivity index (χ1v) is 9.42. The fourth-order valence-electron chi connectivity index (χ4n) is 2.78. The molecule has 8 nitrogen and oxygen atoms in total. The van der Waals surface area contributed by atoms with Crippen molar-refractivity contribution in [2.75, 3.05) is 13.2 Å².